The largest absolute Gasteiger partial charge is 0.508 e. The van der Waals surface area contributed by atoms with Gasteiger partial charge in [-0.15, -0.1) is 0 Å². The number of carbonyl (C=O) groups excluding carboxylic acids is 3. The van der Waals surface area contributed by atoms with E-state index in [1.807, 2.05) is 27.7 Å². The smallest absolute Gasteiger partial charge is 0.480 e. The van der Waals surface area contributed by atoms with Crippen molar-refractivity contribution in [1.29, 1.82) is 0 Å². The molecule has 226 valence electrons. The number of benzene rings is 1. The molecule has 1 aromatic carbocycles. The molecule has 1 aromatic rings. The second kappa shape index (κ2) is 19.0. The van der Waals surface area contributed by atoms with E-state index in [1.165, 1.54) is 12.1 Å². The molecular weight excluding hydrogens is 518 g/mol. The summed E-state index contributed by atoms with van der Waals surface area (Å²) in [6, 6.07) is 3.16. The number of carboxylic acids is 1. The second-order valence-corrected chi connectivity index (χ2v) is 10.3. The van der Waals surface area contributed by atoms with Gasteiger partial charge in [-0.2, -0.15) is 0 Å². The third-order valence-electron chi connectivity index (χ3n) is 6.60. The van der Waals surface area contributed by atoms with Gasteiger partial charge in [0.1, 0.15) is 12.1 Å². The first-order valence-electron chi connectivity index (χ1n) is 14.4. The molecule has 0 saturated heterocycles. The van der Waals surface area contributed by atoms with Crippen molar-refractivity contribution in [1.82, 2.24) is 0 Å². The van der Waals surface area contributed by atoms with Crippen LogP contribution in [-0.2, 0) is 23.9 Å². The third-order valence-corrected chi connectivity index (χ3v) is 6.60. The standard InChI is InChI=1S/C30H47NO9/c1-6-9-11-13-26(32)39-24-16-15-22(18-25(24)40-27(33)14-12-10-7-2)23(28(31)29(34)35)17-21(5)38-30(36)37-19-20(4)8-3/h15-16,18,20-21,23,28H,6-14,17,19,31H2,1-5H3,(H,34,35)/t20?,21?,23?,28-/m0/s1. The van der Waals surface area contributed by atoms with E-state index in [9.17, 15) is 24.3 Å². The van der Waals surface area contributed by atoms with Crippen LogP contribution in [0.3, 0.4) is 0 Å². The SMILES string of the molecule is CCCCCC(=O)Oc1ccc(C(CC(C)OC(=O)OCC(C)CC)[C@H](N)C(=O)O)cc1OC(=O)CCCCC. The lowest BCUT2D eigenvalue weighted by molar-refractivity contribution is -0.139. The topological polar surface area (TPSA) is 151 Å². The summed E-state index contributed by atoms with van der Waals surface area (Å²) in [5, 5.41) is 9.68. The second-order valence-electron chi connectivity index (χ2n) is 10.3. The maximum absolute atomic E-state index is 12.5. The third kappa shape index (κ3) is 13.3. The Kier molecular flexibility index (Phi) is 16.6. The lowest BCUT2D eigenvalue weighted by Gasteiger charge is -2.25. The Balaban J connectivity index is 3.20. The highest BCUT2D eigenvalue weighted by atomic mass is 16.7. The van der Waals surface area contributed by atoms with Crippen LogP contribution in [0.1, 0.15) is 110 Å². The van der Waals surface area contributed by atoms with Crippen LogP contribution >= 0.6 is 0 Å². The van der Waals surface area contributed by atoms with E-state index < -0.39 is 42.1 Å². The van der Waals surface area contributed by atoms with Gasteiger partial charge in [0.25, 0.3) is 0 Å². The molecule has 0 aliphatic carbocycles. The molecule has 0 amide bonds. The minimum atomic E-state index is -1.35. The highest BCUT2D eigenvalue weighted by Gasteiger charge is 2.30. The molecule has 3 N–H and O–H groups in total. The number of esters is 2. The molecule has 10 heteroatoms. The summed E-state index contributed by atoms with van der Waals surface area (Å²) in [5.74, 6) is -2.77. The van der Waals surface area contributed by atoms with E-state index in [1.54, 1.807) is 13.0 Å². The lowest BCUT2D eigenvalue weighted by Crippen LogP contribution is -2.38. The Bertz CT molecular complexity index is 949. The fourth-order valence-electron chi connectivity index (χ4n) is 3.90. The molecular formula is C30H47NO9. The Labute approximate surface area is 237 Å². The average Bonchev–Trinajstić information content (AvgIpc) is 2.91. The molecule has 1 rings (SSSR count). The Morgan fingerprint density at radius 3 is 1.98 bits per heavy atom. The molecule has 40 heavy (non-hydrogen) atoms. The van der Waals surface area contributed by atoms with Gasteiger partial charge in [-0.3, -0.25) is 14.4 Å². The summed E-state index contributed by atoms with van der Waals surface area (Å²) in [7, 11) is 0. The van der Waals surface area contributed by atoms with Crippen LogP contribution < -0.4 is 15.2 Å². The maximum Gasteiger partial charge on any atom is 0.508 e. The molecule has 0 heterocycles. The van der Waals surface area contributed by atoms with Crippen molar-refractivity contribution in [2.45, 2.75) is 117 Å². The molecule has 0 spiro atoms. The number of hydrogen-bond donors (Lipinski definition) is 2. The summed E-state index contributed by atoms with van der Waals surface area (Å²) < 4.78 is 21.5. The van der Waals surface area contributed by atoms with Crippen molar-refractivity contribution in [3.8, 4) is 11.5 Å². The van der Waals surface area contributed by atoms with Crippen LogP contribution in [-0.4, -0.2) is 47.9 Å². The molecule has 4 atom stereocenters. The molecule has 0 radical (unpaired) electrons. The van der Waals surface area contributed by atoms with E-state index in [0.717, 1.165) is 32.1 Å². The van der Waals surface area contributed by atoms with Crippen LogP contribution in [0.15, 0.2) is 18.2 Å². The van der Waals surface area contributed by atoms with Crippen molar-refractivity contribution < 1.29 is 43.2 Å². The fraction of sp³-hybridized carbons (Fsp3) is 0.667. The van der Waals surface area contributed by atoms with Crippen LogP contribution in [0.25, 0.3) is 0 Å². The van der Waals surface area contributed by atoms with Crippen molar-refractivity contribution in [3.05, 3.63) is 23.8 Å². The van der Waals surface area contributed by atoms with E-state index in [2.05, 4.69) is 0 Å². The molecule has 0 fully saturated rings. The summed E-state index contributed by atoms with van der Waals surface area (Å²) in [5.41, 5.74) is 6.47. The molecule has 0 bridgehead atoms. The summed E-state index contributed by atoms with van der Waals surface area (Å²) >= 11 is 0. The van der Waals surface area contributed by atoms with Crippen molar-refractivity contribution in [2.24, 2.45) is 11.7 Å². The monoisotopic (exact) mass is 565 g/mol. The summed E-state index contributed by atoms with van der Waals surface area (Å²) in [6.45, 7) is 9.81. The number of hydrogen-bond acceptors (Lipinski definition) is 9. The van der Waals surface area contributed by atoms with E-state index in [0.29, 0.717) is 18.4 Å². The molecule has 10 nitrogen and oxygen atoms in total. The minimum absolute atomic E-state index is 0.00645. The van der Waals surface area contributed by atoms with Gasteiger partial charge < -0.3 is 29.8 Å². The van der Waals surface area contributed by atoms with Gasteiger partial charge in [-0.25, -0.2) is 4.79 Å². The lowest BCUT2D eigenvalue weighted by atomic mass is 9.87. The normalized spacial score (nSPS) is 13.9. The minimum Gasteiger partial charge on any atom is -0.480 e. The zero-order chi connectivity index (χ0) is 30.1. The first-order valence-corrected chi connectivity index (χ1v) is 14.4. The first-order chi connectivity index (χ1) is 19.0. The number of carboxylic acid groups (broad SMARTS) is 1. The number of rotatable bonds is 19. The highest BCUT2D eigenvalue weighted by Crippen LogP contribution is 2.35. The number of aliphatic carboxylic acids is 1. The number of nitrogens with two attached hydrogens (primary N) is 1. The van der Waals surface area contributed by atoms with Crippen LogP contribution in [0.2, 0.25) is 0 Å². The van der Waals surface area contributed by atoms with Crippen LogP contribution in [0.5, 0.6) is 11.5 Å². The number of ether oxygens (including phenoxy) is 4. The van der Waals surface area contributed by atoms with Gasteiger partial charge in [0.05, 0.1) is 6.61 Å². The predicted molar refractivity (Wildman–Crippen MR) is 150 cm³/mol. The van der Waals surface area contributed by atoms with E-state index in [-0.39, 0.29) is 43.3 Å². The first kappa shape index (κ1) is 34.9. The highest BCUT2D eigenvalue weighted by molar-refractivity contribution is 5.77. The van der Waals surface area contributed by atoms with Crippen molar-refractivity contribution >= 4 is 24.1 Å². The van der Waals surface area contributed by atoms with Gasteiger partial charge in [0.2, 0.25) is 0 Å². The van der Waals surface area contributed by atoms with Crippen molar-refractivity contribution in [3.63, 3.8) is 0 Å². The summed E-state index contributed by atoms with van der Waals surface area (Å²) in [4.78, 5) is 48.9. The quantitative estimate of drug-likeness (QED) is 0.114. The molecule has 0 aromatic heterocycles. The van der Waals surface area contributed by atoms with Crippen molar-refractivity contribution in [2.75, 3.05) is 6.61 Å². The Morgan fingerprint density at radius 1 is 0.875 bits per heavy atom. The Morgan fingerprint density at radius 2 is 1.45 bits per heavy atom. The number of unbranched alkanes of at least 4 members (excludes halogenated alkanes) is 4. The molecule has 0 aliphatic rings. The molecule has 0 saturated carbocycles. The van der Waals surface area contributed by atoms with Gasteiger partial charge in [-0.05, 0) is 49.8 Å². The predicted octanol–water partition coefficient (Wildman–Crippen LogP) is 6.13. The Hall–Kier alpha value is -3.14. The average molecular weight is 566 g/mol. The van der Waals surface area contributed by atoms with Gasteiger partial charge in [0.15, 0.2) is 11.5 Å². The maximum atomic E-state index is 12.5. The van der Waals surface area contributed by atoms with Crippen LogP contribution in [0, 0.1) is 5.92 Å². The zero-order valence-corrected chi connectivity index (χ0v) is 24.6. The van der Waals surface area contributed by atoms with E-state index in [4.69, 9.17) is 24.7 Å². The molecule has 3 unspecified atom stereocenters. The molecule has 0 aliphatic heterocycles. The summed E-state index contributed by atoms with van der Waals surface area (Å²) in [6.07, 6.45) is 4.68. The van der Waals surface area contributed by atoms with Gasteiger partial charge in [-0.1, -0.05) is 65.9 Å². The number of carbonyl (C=O) groups is 4. The van der Waals surface area contributed by atoms with Gasteiger partial charge in [0, 0.05) is 18.8 Å². The zero-order valence-electron chi connectivity index (χ0n) is 24.6. The van der Waals surface area contributed by atoms with Crippen LogP contribution in [0.4, 0.5) is 4.79 Å². The van der Waals surface area contributed by atoms with Gasteiger partial charge >= 0.3 is 24.1 Å². The van der Waals surface area contributed by atoms with E-state index >= 15 is 0 Å². The fourth-order valence-corrected chi connectivity index (χ4v) is 3.90.